The van der Waals surface area contributed by atoms with E-state index in [0.29, 0.717) is 11.4 Å². The number of benzene rings is 1. The van der Waals surface area contributed by atoms with Crippen LogP contribution in [0.15, 0.2) is 17.1 Å². The van der Waals surface area contributed by atoms with Crippen LogP contribution >= 0.6 is 0 Å². The first kappa shape index (κ1) is 9.49. The second-order valence-electron chi connectivity index (χ2n) is 2.81. The van der Waals surface area contributed by atoms with Gasteiger partial charge in [0.1, 0.15) is 11.4 Å². The molecule has 3 heteroatoms. The molecular weight excluding hydrogens is 166 g/mol. The van der Waals surface area contributed by atoms with E-state index in [-0.39, 0.29) is 0 Å². The van der Waals surface area contributed by atoms with E-state index in [1.807, 2.05) is 19.9 Å². The van der Waals surface area contributed by atoms with Crippen LogP contribution < -0.4 is 4.74 Å². The summed E-state index contributed by atoms with van der Waals surface area (Å²) in [6.07, 6.45) is 1.50. The lowest BCUT2D eigenvalue weighted by Crippen LogP contribution is -1.87. The number of isocyanates is 1. The fraction of sp³-hybridized carbons (Fsp3) is 0.300. The van der Waals surface area contributed by atoms with Gasteiger partial charge < -0.3 is 4.74 Å². The molecule has 68 valence electrons. The predicted octanol–water partition coefficient (Wildman–Crippen LogP) is 2.28. The molecule has 0 radical (unpaired) electrons. The summed E-state index contributed by atoms with van der Waals surface area (Å²) in [5, 5.41) is 0. The molecule has 0 saturated carbocycles. The maximum Gasteiger partial charge on any atom is 0.240 e. The van der Waals surface area contributed by atoms with Crippen molar-refractivity contribution in [2.45, 2.75) is 13.8 Å². The summed E-state index contributed by atoms with van der Waals surface area (Å²) in [4.78, 5) is 13.6. The number of nitrogens with zero attached hydrogens (tertiary/aromatic N) is 1. The van der Waals surface area contributed by atoms with E-state index in [0.717, 1.165) is 11.1 Å². The molecule has 0 atom stereocenters. The van der Waals surface area contributed by atoms with E-state index in [1.165, 1.54) is 6.08 Å². The molecule has 0 aromatic heterocycles. The van der Waals surface area contributed by atoms with Gasteiger partial charge in [0, 0.05) is 0 Å². The van der Waals surface area contributed by atoms with Crippen molar-refractivity contribution in [3.8, 4) is 5.75 Å². The van der Waals surface area contributed by atoms with E-state index >= 15 is 0 Å². The molecule has 0 amide bonds. The SMILES string of the molecule is COc1cc(C)c(C)cc1N=C=O. The Morgan fingerprint density at radius 3 is 2.46 bits per heavy atom. The summed E-state index contributed by atoms with van der Waals surface area (Å²) in [7, 11) is 1.55. The Morgan fingerprint density at radius 1 is 1.31 bits per heavy atom. The Labute approximate surface area is 77.1 Å². The molecule has 0 aliphatic heterocycles. The molecule has 1 aromatic rings. The Hall–Kier alpha value is -1.60. The predicted molar refractivity (Wildman–Crippen MR) is 50.2 cm³/mol. The Morgan fingerprint density at radius 2 is 1.92 bits per heavy atom. The number of hydrogen-bond acceptors (Lipinski definition) is 3. The van der Waals surface area contributed by atoms with Gasteiger partial charge in [-0.1, -0.05) is 0 Å². The summed E-state index contributed by atoms with van der Waals surface area (Å²) in [6.45, 7) is 3.94. The van der Waals surface area contributed by atoms with Crippen LogP contribution in [-0.4, -0.2) is 13.2 Å². The van der Waals surface area contributed by atoms with Crippen LogP contribution in [0.5, 0.6) is 5.75 Å². The van der Waals surface area contributed by atoms with Crippen LogP contribution in [0.2, 0.25) is 0 Å². The molecule has 0 heterocycles. The van der Waals surface area contributed by atoms with Gasteiger partial charge in [0.25, 0.3) is 0 Å². The fourth-order valence-corrected chi connectivity index (χ4v) is 1.07. The van der Waals surface area contributed by atoms with E-state index < -0.39 is 0 Å². The molecular formula is C10H11NO2. The molecule has 0 bridgehead atoms. The summed E-state index contributed by atoms with van der Waals surface area (Å²) in [6, 6.07) is 3.66. The highest BCUT2D eigenvalue weighted by molar-refractivity contribution is 5.60. The minimum Gasteiger partial charge on any atom is -0.494 e. The number of hydrogen-bond donors (Lipinski definition) is 0. The zero-order valence-corrected chi connectivity index (χ0v) is 7.92. The molecule has 0 aliphatic carbocycles. The highest BCUT2D eigenvalue weighted by Crippen LogP contribution is 2.29. The molecule has 0 aliphatic rings. The number of aryl methyl sites for hydroxylation is 2. The van der Waals surface area contributed by atoms with Crippen molar-refractivity contribution < 1.29 is 9.53 Å². The van der Waals surface area contributed by atoms with Gasteiger partial charge in [0.15, 0.2) is 0 Å². The lowest BCUT2D eigenvalue weighted by molar-refractivity contribution is 0.415. The van der Waals surface area contributed by atoms with Crippen LogP contribution in [0.1, 0.15) is 11.1 Å². The molecule has 1 aromatic carbocycles. The van der Waals surface area contributed by atoms with Crippen molar-refractivity contribution in [2.75, 3.05) is 7.11 Å². The van der Waals surface area contributed by atoms with Gasteiger partial charge in [-0.2, -0.15) is 4.99 Å². The third kappa shape index (κ3) is 1.95. The first-order chi connectivity index (χ1) is 6.19. The van der Waals surface area contributed by atoms with E-state index in [9.17, 15) is 4.79 Å². The average molecular weight is 177 g/mol. The van der Waals surface area contributed by atoms with Crippen molar-refractivity contribution in [3.63, 3.8) is 0 Å². The third-order valence-corrected chi connectivity index (χ3v) is 1.96. The van der Waals surface area contributed by atoms with Crippen molar-refractivity contribution >= 4 is 11.8 Å². The lowest BCUT2D eigenvalue weighted by Gasteiger charge is -2.06. The molecule has 13 heavy (non-hydrogen) atoms. The van der Waals surface area contributed by atoms with Gasteiger partial charge in [0.2, 0.25) is 6.08 Å². The van der Waals surface area contributed by atoms with Crippen LogP contribution in [0, 0.1) is 13.8 Å². The second kappa shape index (κ2) is 3.87. The first-order valence-corrected chi connectivity index (χ1v) is 3.92. The Bertz CT molecular complexity index is 365. The van der Waals surface area contributed by atoms with Crippen molar-refractivity contribution in [2.24, 2.45) is 4.99 Å². The molecule has 1 rings (SSSR count). The van der Waals surface area contributed by atoms with E-state index in [4.69, 9.17) is 4.74 Å². The number of rotatable bonds is 2. The topological polar surface area (TPSA) is 38.7 Å². The first-order valence-electron chi connectivity index (χ1n) is 3.92. The maximum absolute atomic E-state index is 10.1. The van der Waals surface area contributed by atoms with Gasteiger partial charge in [-0.25, -0.2) is 4.79 Å². The smallest absolute Gasteiger partial charge is 0.240 e. The zero-order chi connectivity index (χ0) is 9.84. The van der Waals surface area contributed by atoms with Gasteiger partial charge in [-0.3, -0.25) is 0 Å². The average Bonchev–Trinajstić information content (AvgIpc) is 2.11. The van der Waals surface area contributed by atoms with Gasteiger partial charge >= 0.3 is 0 Å². The summed E-state index contributed by atoms with van der Waals surface area (Å²) in [5.74, 6) is 0.603. The molecule has 0 spiro atoms. The summed E-state index contributed by atoms with van der Waals surface area (Å²) >= 11 is 0. The number of carbonyl (C=O) groups excluding carboxylic acids is 1. The Kier molecular flexibility index (Phi) is 2.83. The number of ether oxygens (including phenoxy) is 1. The standard InChI is InChI=1S/C10H11NO2/c1-7-4-9(11-6-12)10(13-3)5-8(7)2/h4-5H,1-3H3. The molecule has 0 saturated heterocycles. The van der Waals surface area contributed by atoms with Crippen LogP contribution in [-0.2, 0) is 4.79 Å². The van der Waals surface area contributed by atoms with Gasteiger partial charge in [-0.05, 0) is 37.1 Å². The Balaban J connectivity index is 3.32. The molecule has 0 fully saturated rings. The zero-order valence-electron chi connectivity index (χ0n) is 7.92. The van der Waals surface area contributed by atoms with Crippen molar-refractivity contribution in [3.05, 3.63) is 23.3 Å². The van der Waals surface area contributed by atoms with E-state index in [1.54, 1.807) is 13.2 Å². The van der Waals surface area contributed by atoms with Gasteiger partial charge in [0.05, 0.1) is 7.11 Å². The van der Waals surface area contributed by atoms with Crippen molar-refractivity contribution in [1.29, 1.82) is 0 Å². The monoisotopic (exact) mass is 177 g/mol. The summed E-state index contributed by atoms with van der Waals surface area (Å²) < 4.78 is 5.06. The highest BCUT2D eigenvalue weighted by atomic mass is 16.5. The van der Waals surface area contributed by atoms with Gasteiger partial charge in [-0.15, -0.1) is 0 Å². The quantitative estimate of drug-likeness (QED) is 0.513. The van der Waals surface area contributed by atoms with Crippen LogP contribution in [0.25, 0.3) is 0 Å². The maximum atomic E-state index is 10.1. The minimum atomic E-state index is 0.528. The normalized spacial score (nSPS) is 9.15. The summed E-state index contributed by atoms with van der Waals surface area (Å²) in [5.41, 5.74) is 2.72. The molecule has 0 N–H and O–H groups in total. The highest BCUT2D eigenvalue weighted by Gasteiger charge is 2.03. The number of aliphatic imine (C=N–C) groups is 1. The minimum absolute atomic E-state index is 0.528. The van der Waals surface area contributed by atoms with Crippen LogP contribution in [0.3, 0.4) is 0 Å². The molecule has 3 nitrogen and oxygen atoms in total. The fourth-order valence-electron chi connectivity index (χ4n) is 1.07. The lowest BCUT2D eigenvalue weighted by atomic mass is 10.1. The second-order valence-corrected chi connectivity index (χ2v) is 2.81. The molecule has 0 unspecified atom stereocenters. The number of methoxy groups -OCH3 is 1. The third-order valence-electron chi connectivity index (χ3n) is 1.96. The van der Waals surface area contributed by atoms with E-state index in [2.05, 4.69) is 4.99 Å². The van der Waals surface area contributed by atoms with Crippen molar-refractivity contribution in [1.82, 2.24) is 0 Å². The van der Waals surface area contributed by atoms with Crippen LogP contribution in [0.4, 0.5) is 5.69 Å². The largest absolute Gasteiger partial charge is 0.494 e.